The number of fused-ring (bicyclic) bond motifs is 1. The van der Waals surface area contributed by atoms with E-state index in [1.165, 1.54) is 10.9 Å². The van der Waals surface area contributed by atoms with Gasteiger partial charge in [0.2, 0.25) is 0 Å². The molecule has 0 aromatic heterocycles. The molecule has 20 heavy (non-hydrogen) atoms. The maximum atomic E-state index is 5.96. The van der Waals surface area contributed by atoms with Gasteiger partial charge < -0.3 is 15.8 Å². The van der Waals surface area contributed by atoms with Crippen molar-refractivity contribution in [3.8, 4) is 5.75 Å². The summed E-state index contributed by atoms with van der Waals surface area (Å²) in [5, 5.41) is 5.89. The molecule has 3 heteroatoms. The molecule has 0 fully saturated rings. The summed E-state index contributed by atoms with van der Waals surface area (Å²) in [5.74, 6) is 1.51. The van der Waals surface area contributed by atoms with Crippen LogP contribution in [0.15, 0.2) is 36.4 Å². The molecule has 1 unspecified atom stereocenters. The van der Waals surface area contributed by atoms with E-state index in [1.807, 2.05) is 12.1 Å². The molecule has 2 rings (SSSR count). The third-order valence-corrected chi connectivity index (χ3v) is 3.52. The van der Waals surface area contributed by atoms with Crippen LogP contribution in [0.4, 0.5) is 0 Å². The number of methoxy groups -OCH3 is 1. The first-order chi connectivity index (χ1) is 9.67. The highest BCUT2D eigenvalue weighted by atomic mass is 16.5. The minimum atomic E-state index is 0.174. The normalized spacial score (nSPS) is 12.8. The molecule has 1 atom stereocenters. The Balaban J connectivity index is 2.42. The van der Waals surface area contributed by atoms with E-state index in [-0.39, 0.29) is 6.04 Å². The first-order valence-corrected chi connectivity index (χ1v) is 7.16. The average Bonchev–Trinajstić information content (AvgIpc) is 2.47. The summed E-state index contributed by atoms with van der Waals surface area (Å²) in [4.78, 5) is 0. The second-order valence-electron chi connectivity index (χ2n) is 5.49. The van der Waals surface area contributed by atoms with Gasteiger partial charge in [0.05, 0.1) is 7.11 Å². The van der Waals surface area contributed by atoms with Gasteiger partial charge in [0.15, 0.2) is 0 Å². The topological polar surface area (TPSA) is 47.3 Å². The van der Waals surface area contributed by atoms with Gasteiger partial charge in [0.25, 0.3) is 0 Å². The highest BCUT2D eigenvalue weighted by molar-refractivity contribution is 5.91. The molecule has 0 aliphatic carbocycles. The molecule has 0 bridgehead atoms. The van der Waals surface area contributed by atoms with Gasteiger partial charge >= 0.3 is 0 Å². The molecular formula is C17H24N2O. The molecular weight excluding hydrogens is 248 g/mol. The summed E-state index contributed by atoms with van der Waals surface area (Å²) < 4.78 is 5.44. The van der Waals surface area contributed by atoms with E-state index in [0.29, 0.717) is 12.5 Å². The SMILES string of the molecule is COc1ccc(C(CN)NCC(C)C)c2ccccc12. The maximum absolute atomic E-state index is 5.96. The Morgan fingerprint density at radius 2 is 1.80 bits per heavy atom. The van der Waals surface area contributed by atoms with Crippen LogP contribution in [0.2, 0.25) is 0 Å². The van der Waals surface area contributed by atoms with Gasteiger partial charge in [-0.05, 0) is 29.5 Å². The van der Waals surface area contributed by atoms with Crippen LogP contribution >= 0.6 is 0 Å². The molecule has 3 nitrogen and oxygen atoms in total. The largest absolute Gasteiger partial charge is 0.496 e. The lowest BCUT2D eigenvalue weighted by Gasteiger charge is -2.21. The lowest BCUT2D eigenvalue weighted by Crippen LogP contribution is -2.31. The van der Waals surface area contributed by atoms with Crippen LogP contribution < -0.4 is 15.8 Å². The first kappa shape index (κ1) is 14.8. The fourth-order valence-electron chi connectivity index (χ4n) is 2.47. The van der Waals surface area contributed by atoms with Crippen molar-refractivity contribution in [1.29, 1.82) is 0 Å². The van der Waals surface area contributed by atoms with E-state index < -0.39 is 0 Å². The van der Waals surface area contributed by atoms with Crippen LogP contribution in [0.25, 0.3) is 10.8 Å². The number of nitrogens with one attached hydrogen (secondary N) is 1. The van der Waals surface area contributed by atoms with Gasteiger partial charge in [0.1, 0.15) is 5.75 Å². The van der Waals surface area contributed by atoms with Gasteiger partial charge in [-0.3, -0.25) is 0 Å². The van der Waals surface area contributed by atoms with E-state index >= 15 is 0 Å². The average molecular weight is 272 g/mol. The molecule has 2 aromatic carbocycles. The molecule has 0 aliphatic heterocycles. The van der Waals surface area contributed by atoms with E-state index in [4.69, 9.17) is 10.5 Å². The number of benzene rings is 2. The molecule has 0 amide bonds. The zero-order valence-electron chi connectivity index (χ0n) is 12.5. The smallest absolute Gasteiger partial charge is 0.126 e. The number of hydrogen-bond acceptors (Lipinski definition) is 3. The molecule has 3 N–H and O–H groups in total. The van der Waals surface area contributed by atoms with E-state index in [9.17, 15) is 0 Å². The highest BCUT2D eigenvalue weighted by Gasteiger charge is 2.14. The van der Waals surface area contributed by atoms with Gasteiger partial charge in [-0.2, -0.15) is 0 Å². The monoisotopic (exact) mass is 272 g/mol. The summed E-state index contributed by atoms with van der Waals surface area (Å²) in [6.07, 6.45) is 0. The summed E-state index contributed by atoms with van der Waals surface area (Å²) in [6.45, 7) is 5.95. The lowest BCUT2D eigenvalue weighted by atomic mass is 9.97. The Hall–Kier alpha value is -1.58. The van der Waals surface area contributed by atoms with Crippen molar-refractivity contribution in [2.75, 3.05) is 20.2 Å². The summed E-state index contributed by atoms with van der Waals surface area (Å²) >= 11 is 0. The first-order valence-electron chi connectivity index (χ1n) is 7.16. The standard InChI is InChI=1S/C17H24N2O/c1-12(2)11-19-16(10-18)14-8-9-17(20-3)15-7-5-4-6-13(14)15/h4-9,12,16,19H,10-11,18H2,1-3H3. The summed E-state index contributed by atoms with van der Waals surface area (Å²) in [5.41, 5.74) is 7.20. The van der Waals surface area contributed by atoms with Gasteiger partial charge in [-0.1, -0.05) is 44.2 Å². The number of nitrogens with two attached hydrogens (primary N) is 1. The third-order valence-electron chi connectivity index (χ3n) is 3.52. The van der Waals surface area contributed by atoms with Crippen molar-refractivity contribution < 1.29 is 4.74 Å². The van der Waals surface area contributed by atoms with Gasteiger partial charge in [-0.25, -0.2) is 0 Å². The van der Waals surface area contributed by atoms with E-state index in [1.54, 1.807) is 7.11 Å². The van der Waals surface area contributed by atoms with Crippen molar-refractivity contribution >= 4 is 10.8 Å². The predicted octanol–water partition coefficient (Wildman–Crippen LogP) is 3.09. The van der Waals surface area contributed by atoms with Crippen molar-refractivity contribution in [2.45, 2.75) is 19.9 Å². The minimum Gasteiger partial charge on any atom is -0.496 e. The molecule has 108 valence electrons. The molecule has 0 saturated carbocycles. The fraction of sp³-hybridized carbons (Fsp3) is 0.412. The Bertz CT molecular complexity index is 566. The van der Waals surface area contributed by atoms with Crippen LogP contribution in [0.5, 0.6) is 5.75 Å². The van der Waals surface area contributed by atoms with Crippen LogP contribution in [0.3, 0.4) is 0 Å². The van der Waals surface area contributed by atoms with Crippen LogP contribution in [-0.2, 0) is 0 Å². The molecule has 0 radical (unpaired) electrons. The minimum absolute atomic E-state index is 0.174. The lowest BCUT2D eigenvalue weighted by molar-refractivity contribution is 0.419. The van der Waals surface area contributed by atoms with E-state index in [2.05, 4.69) is 43.4 Å². The third kappa shape index (κ3) is 3.11. The quantitative estimate of drug-likeness (QED) is 0.849. The number of ether oxygens (including phenoxy) is 1. The van der Waals surface area contributed by atoms with Crippen molar-refractivity contribution in [1.82, 2.24) is 5.32 Å². The van der Waals surface area contributed by atoms with Crippen molar-refractivity contribution in [3.63, 3.8) is 0 Å². The zero-order chi connectivity index (χ0) is 14.5. The molecule has 0 spiro atoms. The number of rotatable bonds is 6. The van der Waals surface area contributed by atoms with Crippen LogP contribution in [0.1, 0.15) is 25.5 Å². The second-order valence-corrected chi connectivity index (χ2v) is 5.49. The Kier molecular flexibility index (Phi) is 4.99. The Morgan fingerprint density at radius 3 is 2.40 bits per heavy atom. The Labute approximate surface area is 121 Å². The Morgan fingerprint density at radius 1 is 1.10 bits per heavy atom. The van der Waals surface area contributed by atoms with E-state index in [0.717, 1.165) is 17.7 Å². The molecule has 0 heterocycles. The van der Waals surface area contributed by atoms with Gasteiger partial charge in [0, 0.05) is 18.0 Å². The molecule has 0 aliphatic rings. The second kappa shape index (κ2) is 6.73. The molecule has 0 saturated heterocycles. The van der Waals surface area contributed by atoms with Crippen molar-refractivity contribution in [2.24, 2.45) is 11.7 Å². The predicted molar refractivity (Wildman–Crippen MR) is 85.1 cm³/mol. The highest BCUT2D eigenvalue weighted by Crippen LogP contribution is 2.31. The van der Waals surface area contributed by atoms with Crippen LogP contribution in [-0.4, -0.2) is 20.2 Å². The summed E-state index contributed by atoms with van der Waals surface area (Å²) in [7, 11) is 1.71. The molecule has 2 aromatic rings. The zero-order valence-corrected chi connectivity index (χ0v) is 12.5. The van der Waals surface area contributed by atoms with Crippen LogP contribution in [0, 0.1) is 5.92 Å². The number of hydrogen-bond donors (Lipinski definition) is 2. The van der Waals surface area contributed by atoms with Gasteiger partial charge in [-0.15, -0.1) is 0 Å². The fourth-order valence-corrected chi connectivity index (χ4v) is 2.47. The van der Waals surface area contributed by atoms with Crippen molar-refractivity contribution in [3.05, 3.63) is 42.0 Å². The maximum Gasteiger partial charge on any atom is 0.126 e. The summed E-state index contributed by atoms with van der Waals surface area (Å²) in [6, 6.07) is 12.6.